The van der Waals surface area contributed by atoms with E-state index in [1.807, 2.05) is 18.2 Å². The van der Waals surface area contributed by atoms with Crippen LogP contribution in [0.5, 0.6) is 0 Å². The van der Waals surface area contributed by atoms with Gasteiger partial charge >= 0.3 is 5.69 Å². The zero-order valence-corrected chi connectivity index (χ0v) is 16.1. The van der Waals surface area contributed by atoms with Crippen molar-refractivity contribution in [1.82, 2.24) is 19.1 Å². The third-order valence-corrected chi connectivity index (χ3v) is 6.11. The molecule has 0 atom stereocenters. The van der Waals surface area contributed by atoms with Gasteiger partial charge in [-0.05, 0) is 37.1 Å². The smallest absolute Gasteiger partial charge is 0.247 e. The molecule has 1 aliphatic carbocycles. The molecule has 1 fully saturated rings. The molecule has 0 radical (unpaired) electrons. The first kappa shape index (κ1) is 19.5. The number of nitrogens with zero attached hydrogens (tertiary/aromatic N) is 3. The van der Waals surface area contributed by atoms with E-state index in [9.17, 15) is 22.0 Å². The first-order chi connectivity index (χ1) is 13.9. The predicted octanol–water partition coefficient (Wildman–Crippen LogP) is 2.17. The van der Waals surface area contributed by atoms with Gasteiger partial charge in [-0.2, -0.15) is 5.10 Å². The quantitative estimate of drug-likeness (QED) is 0.635. The summed E-state index contributed by atoms with van der Waals surface area (Å²) >= 11 is 0. The zero-order valence-electron chi connectivity index (χ0n) is 15.3. The third-order valence-electron chi connectivity index (χ3n) is 4.62. The molecule has 0 bridgehead atoms. The van der Waals surface area contributed by atoms with Crippen molar-refractivity contribution in [3.63, 3.8) is 0 Å². The summed E-state index contributed by atoms with van der Waals surface area (Å²) in [4.78, 5) is 12.2. The molecule has 152 valence electrons. The van der Waals surface area contributed by atoms with E-state index >= 15 is 0 Å². The number of sulfonamides is 1. The normalized spacial score (nSPS) is 14.3. The summed E-state index contributed by atoms with van der Waals surface area (Å²) in [5.74, 6) is -1.20. The molecule has 0 saturated heterocycles. The fourth-order valence-electron chi connectivity index (χ4n) is 3.05. The van der Waals surface area contributed by atoms with Gasteiger partial charge in [-0.25, -0.2) is 36.0 Å². The lowest BCUT2D eigenvalue weighted by atomic mass is 10.3. The number of halogens is 2. The molecule has 10 heteroatoms. The average Bonchev–Trinajstić information content (AvgIpc) is 3.47. The summed E-state index contributed by atoms with van der Waals surface area (Å²) in [5, 5.41) is 4.38. The molecular formula is C19H18F2N4O3S. The number of hydrogen-bond acceptors (Lipinski definition) is 4. The standard InChI is InChI=1S/C19H18F2N4O3S/c20-14-8-9-17(16(21)12-14)29(27,28)22-10-11-24-19(26)25(15-4-2-1-3-5-15)18(23-24)13-6-7-13/h1-5,8-9,12-13,22H,6-7,10-11H2. The largest absolute Gasteiger partial charge is 0.350 e. The Balaban J connectivity index is 1.54. The molecule has 1 N–H and O–H groups in total. The minimum Gasteiger partial charge on any atom is -0.247 e. The van der Waals surface area contributed by atoms with E-state index in [0.717, 1.165) is 25.0 Å². The maximum Gasteiger partial charge on any atom is 0.350 e. The fraction of sp³-hybridized carbons (Fsp3) is 0.263. The number of benzene rings is 2. The maximum atomic E-state index is 13.8. The van der Waals surface area contributed by atoms with Crippen molar-refractivity contribution in [3.8, 4) is 5.69 Å². The third kappa shape index (κ3) is 3.99. The number of hydrogen-bond donors (Lipinski definition) is 1. The number of nitrogens with one attached hydrogen (secondary N) is 1. The van der Waals surface area contributed by atoms with Crippen molar-refractivity contribution in [1.29, 1.82) is 0 Å². The molecular weight excluding hydrogens is 402 g/mol. The van der Waals surface area contributed by atoms with Crippen molar-refractivity contribution in [2.24, 2.45) is 0 Å². The van der Waals surface area contributed by atoms with Crippen LogP contribution in [0.4, 0.5) is 8.78 Å². The summed E-state index contributed by atoms with van der Waals surface area (Å²) in [7, 11) is -4.19. The Morgan fingerprint density at radius 3 is 2.48 bits per heavy atom. The van der Waals surface area contributed by atoms with Gasteiger partial charge in [0, 0.05) is 18.5 Å². The van der Waals surface area contributed by atoms with Crippen molar-refractivity contribution in [3.05, 3.63) is 76.5 Å². The van der Waals surface area contributed by atoms with Gasteiger partial charge in [-0.15, -0.1) is 0 Å². The van der Waals surface area contributed by atoms with Crippen molar-refractivity contribution in [2.75, 3.05) is 6.54 Å². The van der Waals surface area contributed by atoms with E-state index in [1.165, 1.54) is 9.25 Å². The van der Waals surface area contributed by atoms with Gasteiger partial charge in [-0.1, -0.05) is 18.2 Å². The molecule has 4 rings (SSSR count). The van der Waals surface area contributed by atoms with E-state index in [4.69, 9.17) is 0 Å². The highest BCUT2D eigenvalue weighted by atomic mass is 32.2. The summed E-state index contributed by atoms with van der Waals surface area (Å²) in [6.07, 6.45) is 1.89. The SMILES string of the molecule is O=c1n(CCNS(=O)(=O)c2ccc(F)cc2F)nc(C2CC2)n1-c1ccccc1. The van der Waals surface area contributed by atoms with Crippen LogP contribution in [-0.2, 0) is 16.6 Å². The molecule has 1 aromatic heterocycles. The van der Waals surface area contributed by atoms with E-state index < -0.39 is 26.6 Å². The second-order valence-corrected chi connectivity index (χ2v) is 8.52. The first-order valence-corrected chi connectivity index (χ1v) is 10.5. The molecule has 29 heavy (non-hydrogen) atoms. The first-order valence-electron chi connectivity index (χ1n) is 9.07. The highest BCUT2D eigenvalue weighted by Gasteiger charge is 2.31. The fourth-order valence-corrected chi connectivity index (χ4v) is 4.13. The summed E-state index contributed by atoms with van der Waals surface area (Å²) < 4.78 is 56.3. The molecule has 1 saturated carbocycles. The highest BCUT2D eigenvalue weighted by Crippen LogP contribution is 2.39. The number of aromatic nitrogens is 3. The van der Waals surface area contributed by atoms with Crippen molar-refractivity contribution < 1.29 is 17.2 Å². The number of para-hydroxylation sites is 1. The Labute approximate surface area is 165 Å². The van der Waals surface area contributed by atoms with Gasteiger partial charge in [-0.3, -0.25) is 0 Å². The average molecular weight is 420 g/mol. The molecule has 0 aliphatic heterocycles. The van der Waals surface area contributed by atoms with Gasteiger partial charge in [0.1, 0.15) is 22.4 Å². The minimum absolute atomic E-state index is 0.0274. The minimum atomic E-state index is -4.19. The Morgan fingerprint density at radius 2 is 1.83 bits per heavy atom. The Morgan fingerprint density at radius 1 is 1.10 bits per heavy atom. The van der Waals surface area contributed by atoms with Gasteiger partial charge in [0.05, 0.1) is 12.2 Å². The Kier molecular flexibility index (Phi) is 5.05. The zero-order chi connectivity index (χ0) is 20.6. The molecule has 1 heterocycles. The monoisotopic (exact) mass is 420 g/mol. The number of rotatable bonds is 7. The van der Waals surface area contributed by atoms with Gasteiger partial charge in [0.15, 0.2) is 0 Å². The predicted molar refractivity (Wildman–Crippen MR) is 101 cm³/mol. The van der Waals surface area contributed by atoms with Crippen molar-refractivity contribution in [2.45, 2.75) is 30.2 Å². The van der Waals surface area contributed by atoms with E-state index in [1.54, 1.807) is 12.1 Å². The summed E-state index contributed by atoms with van der Waals surface area (Å²) in [5.41, 5.74) is 0.324. The van der Waals surface area contributed by atoms with Crippen LogP contribution in [0.25, 0.3) is 5.69 Å². The van der Waals surface area contributed by atoms with Crippen LogP contribution in [0.15, 0.2) is 58.2 Å². The van der Waals surface area contributed by atoms with Crippen LogP contribution in [0.1, 0.15) is 24.6 Å². The maximum absolute atomic E-state index is 13.8. The Bertz CT molecular complexity index is 1200. The van der Waals surface area contributed by atoms with Crippen molar-refractivity contribution >= 4 is 10.0 Å². The molecule has 3 aromatic rings. The second kappa shape index (κ2) is 7.53. The Hall–Kier alpha value is -2.85. The topological polar surface area (TPSA) is 86.0 Å². The lowest BCUT2D eigenvalue weighted by Crippen LogP contribution is -2.32. The molecule has 7 nitrogen and oxygen atoms in total. The van der Waals surface area contributed by atoms with E-state index in [-0.39, 0.29) is 24.7 Å². The van der Waals surface area contributed by atoms with E-state index in [0.29, 0.717) is 17.6 Å². The summed E-state index contributed by atoms with van der Waals surface area (Å²) in [6.45, 7) is -0.199. The van der Waals surface area contributed by atoms with Crippen LogP contribution >= 0.6 is 0 Å². The lowest BCUT2D eigenvalue weighted by molar-refractivity contribution is 0.532. The second-order valence-electron chi connectivity index (χ2n) is 6.78. The van der Waals surface area contributed by atoms with Gasteiger partial charge in [0.2, 0.25) is 10.0 Å². The molecule has 0 unspecified atom stereocenters. The lowest BCUT2D eigenvalue weighted by Gasteiger charge is -2.07. The van der Waals surface area contributed by atoms with Crippen LogP contribution in [-0.4, -0.2) is 29.3 Å². The highest BCUT2D eigenvalue weighted by molar-refractivity contribution is 7.89. The van der Waals surface area contributed by atoms with Crippen LogP contribution in [0.3, 0.4) is 0 Å². The van der Waals surface area contributed by atoms with E-state index in [2.05, 4.69) is 9.82 Å². The molecule has 1 aliphatic rings. The van der Waals surface area contributed by atoms with Crippen LogP contribution < -0.4 is 10.4 Å². The van der Waals surface area contributed by atoms with Crippen LogP contribution in [0, 0.1) is 11.6 Å². The van der Waals surface area contributed by atoms with Gasteiger partial charge < -0.3 is 0 Å². The molecule has 2 aromatic carbocycles. The van der Waals surface area contributed by atoms with Gasteiger partial charge in [0.25, 0.3) is 0 Å². The van der Waals surface area contributed by atoms with Crippen LogP contribution in [0.2, 0.25) is 0 Å². The molecule has 0 spiro atoms. The summed E-state index contributed by atoms with van der Waals surface area (Å²) in [6, 6.07) is 11.3. The molecule has 0 amide bonds.